The largest absolute Gasteiger partial charge is 0.355 e. The molecule has 2 unspecified atom stereocenters. The number of hydrogen-bond donors (Lipinski definition) is 2. The lowest BCUT2D eigenvalue weighted by Crippen LogP contribution is -2.40. The smallest absolute Gasteiger partial charge is 0.224 e. The van der Waals surface area contributed by atoms with Crippen molar-refractivity contribution in [3.63, 3.8) is 0 Å². The van der Waals surface area contributed by atoms with Crippen LogP contribution in [0.3, 0.4) is 0 Å². The summed E-state index contributed by atoms with van der Waals surface area (Å²) in [5, 5.41) is 3.06. The van der Waals surface area contributed by atoms with Crippen LogP contribution in [0.25, 0.3) is 0 Å². The molecule has 3 nitrogen and oxygen atoms in total. The van der Waals surface area contributed by atoms with Gasteiger partial charge in [-0.05, 0) is 23.3 Å². The van der Waals surface area contributed by atoms with Crippen LogP contribution in [0, 0.1) is 17.3 Å². The fraction of sp³-hybridized carbons (Fsp3) is 0.611. The lowest BCUT2D eigenvalue weighted by Gasteiger charge is -2.28. The Bertz CT molecular complexity index is 446. The van der Waals surface area contributed by atoms with Gasteiger partial charge in [0.1, 0.15) is 0 Å². The van der Waals surface area contributed by atoms with Gasteiger partial charge in [-0.25, -0.2) is 0 Å². The van der Waals surface area contributed by atoms with Crippen LogP contribution in [0.2, 0.25) is 0 Å². The molecule has 0 heterocycles. The fourth-order valence-electron chi connectivity index (χ4n) is 2.79. The van der Waals surface area contributed by atoms with Gasteiger partial charge in [-0.15, -0.1) is 12.4 Å². The topological polar surface area (TPSA) is 55.1 Å². The summed E-state index contributed by atoms with van der Waals surface area (Å²) in [5.41, 5.74) is 7.31. The Kier molecular flexibility index (Phi) is 8.72. The molecule has 126 valence electrons. The van der Waals surface area contributed by atoms with E-state index < -0.39 is 0 Å². The first-order valence-corrected chi connectivity index (χ1v) is 7.81. The van der Waals surface area contributed by atoms with E-state index in [0.29, 0.717) is 12.5 Å². The number of halogens is 1. The molecule has 0 aliphatic heterocycles. The van der Waals surface area contributed by atoms with Crippen molar-refractivity contribution in [2.45, 2.75) is 47.1 Å². The summed E-state index contributed by atoms with van der Waals surface area (Å²) < 4.78 is 0. The minimum Gasteiger partial charge on any atom is -0.355 e. The first kappa shape index (κ1) is 20.9. The van der Waals surface area contributed by atoms with Crippen molar-refractivity contribution in [2.24, 2.45) is 23.0 Å². The van der Waals surface area contributed by atoms with Crippen LogP contribution in [0.5, 0.6) is 0 Å². The predicted molar refractivity (Wildman–Crippen MR) is 96.0 cm³/mol. The molecule has 0 aromatic heterocycles. The van der Waals surface area contributed by atoms with Gasteiger partial charge < -0.3 is 11.1 Å². The number of rotatable bonds is 7. The number of nitrogens with one attached hydrogen (secondary N) is 1. The zero-order chi connectivity index (χ0) is 16.0. The Morgan fingerprint density at radius 1 is 1.18 bits per heavy atom. The van der Waals surface area contributed by atoms with E-state index in [1.165, 1.54) is 0 Å². The normalized spacial score (nSPS) is 14.1. The molecule has 1 rings (SSSR count). The lowest BCUT2D eigenvalue weighted by molar-refractivity contribution is -0.125. The number of carbonyl (C=O) groups is 1. The molecular formula is C18H31ClN2O. The van der Waals surface area contributed by atoms with Gasteiger partial charge in [-0.3, -0.25) is 4.79 Å². The third kappa shape index (κ3) is 6.80. The van der Waals surface area contributed by atoms with Crippen LogP contribution in [-0.2, 0) is 4.79 Å². The highest BCUT2D eigenvalue weighted by Gasteiger charge is 2.25. The van der Waals surface area contributed by atoms with Gasteiger partial charge in [-0.1, -0.05) is 65.0 Å². The number of amides is 1. The van der Waals surface area contributed by atoms with Crippen molar-refractivity contribution in [3.8, 4) is 0 Å². The quantitative estimate of drug-likeness (QED) is 0.797. The van der Waals surface area contributed by atoms with Gasteiger partial charge in [0, 0.05) is 12.6 Å². The standard InChI is InChI=1S/C18H30N2O.ClH/c1-13(2)11-18(4,5)12-20-17(21)14(3)16(19)15-9-7-6-8-10-15;/h6-10,13-14,16H,11-12,19H2,1-5H3,(H,20,21);1H. The number of hydrogen-bond acceptors (Lipinski definition) is 2. The molecule has 0 bridgehead atoms. The Hall–Kier alpha value is -1.06. The fourth-order valence-corrected chi connectivity index (χ4v) is 2.79. The average Bonchev–Trinajstić information content (AvgIpc) is 2.43. The van der Waals surface area contributed by atoms with Crippen LogP contribution < -0.4 is 11.1 Å². The molecule has 22 heavy (non-hydrogen) atoms. The molecule has 2 atom stereocenters. The Labute approximate surface area is 141 Å². The summed E-state index contributed by atoms with van der Waals surface area (Å²) in [6, 6.07) is 9.53. The highest BCUT2D eigenvalue weighted by molar-refractivity contribution is 5.85. The van der Waals surface area contributed by atoms with Gasteiger partial charge in [-0.2, -0.15) is 0 Å². The Morgan fingerprint density at radius 2 is 1.73 bits per heavy atom. The van der Waals surface area contributed by atoms with Gasteiger partial charge in [0.15, 0.2) is 0 Å². The second-order valence-electron chi connectivity index (χ2n) is 7.21. The lowest BCUT2D eigenvalue weighted by atomic mass is 9.83. The molecule has 0 fully saturated rings. The molecule has 1 amide bonds. The number of benzene rings is 1. The first-order chi connectivity index (χ1) is 9.73. The third-order valence-electron chi connectivity index (χ3n) is 3.84. The Balaban J connectivity index is 0.00000441. The second-order valence-corrected chi connectivity index (χ2v) is 7.21. The SMILES string of the molecule is CC(C)CC(C)(C)CNC(=O)C(C)C(N)c1ccccc1.Cl. The van der Waals surface area contributed by atoms with Crippen molar-refractivity contribution in [2.75, 3.05) is 6.54 Å². The highest BCUT2D eigenvalue weighted by atomic mass is 35.5. The van der Waals surface area contributed by atoms with Crippen molar-refractivity contribution in [3.05, 3.63) is 35.9 Å². The number of nitrogens with two attached hydrogens (primary N) is 1. The zero-order valence-corrected chi connectivity index (χ0v) is 15.2. The van der Waals surface area contributed by atoms with Gasteiger partial charge in [0.2, 0.25) is 5.91 Å². The highest BCUT2D eigenvalue weighted by Crippen LogP contribution is 2.25. The number of carbonyl (C=O) groups excluding carboxylic acids is 1. The molecule has 0 spiro atoms. The van der Waals surface area contributed by atoms with Crippen LogP contribution >= 0.6 is 12.4 Å². The molecule has 0 saturated heterocycles. The molecule has 1 aromatic carbocycles. The predicted octanol–water partition coefficient (Wildman–Crippen LogP) is 3.93. The van der Waals surface area contributed by atoms with E-state index in [1.807, 2.05) is 37.3 Å². The van der Waals surface area contributed by atoms with E-state index in [0.717, 1.165) is 12.0 Å². The van der Waals surface area contributed by atoms with E-state index in [2.05, 4.69) is 33.0 Å². The summed E-state index contributed by atoms with van der Waals surface area (Å²) in [6.45, 7) is 11.4. The van der Waals surface area contributed by atoms with Gasteiger partial charge >= 0.3 is 0 Å². The second kappa shape index (κ2) is 9.16. The van der Waals surface area contributed by atoms with E-state index in [4.69, 9.17) is 5.73 Å². The van der Waals surface area contributed by atoms with Crippen LogP contribution in [0.4, 0.5) is 0 Å². The van der Waals surface area contributed by atoms with E-state index in [1.54, 1.807) is 0 Å². The summed E-state index contributed by atoms with van der Waals surface area (Å²) in [7, 11) is 0. The molecule has 1 aromatic rings. The summed E-state index contributed by atoms with van der Waals surface area (Å²) >= 11 is 0. The minimum atomic E-state index is -0.264. The average molecular weight is 327 g/mol. The van der Waals surface area contributed by atoms with Gasteiger partial charge in [0.05, 0.1) is 5.92 Å². The van der Waals surface area contributed by atoms with E-state index >= 15 is 0 Å². The van der Waals surface area contributed by atoms with Crippen LogP contribution in [0.1, 0.15) is 52.6 Å². The molecule has 4 heteroatoms. The first-order valence-electron chi connectivity index (χ1n) is 7.81. The Morgan fingerprint density at radius 3 is 2.23 bits per heavy atom. The van der Waals surface area contributed by atoms with Gasteiger partial charge in [0.25, 0.3) is 0 Å². The van der Waals surface area contributed by atoms with Crippen LogP contribution in [0.15, 0.2) is 30.3 Å². The van der Waals surface area contributed by atoms with E-state index in [9.17, 15) is 4.79 Å². The third-order valence-corrected chi connectivity index (χ3v) is 3.84. The summed E-state index contributed by atoms with van der Waals surface area (Å²) in [5.74, 6) is 0.423. The van der Waals surface area contributed by atoms with E-state index in [-0.39, 0.29) is 35.7 Å². The maximum absolute atomic E-state index is 12.3. The maximum Gasteiger partial charge on any atom is 0.224 e. The minimum absolute atomic E-state index is 0. The maximum atomic E-state index is 12.3. The van der Waals surface area contributed by atoms with Crippen LogP contribution in [-0.4, -0.2) is 12.5 Å². The molecule has 3 N–H and O–H groups in total. The zero-order valence-electron chi connectivity index (χ0n) is 14.4. The molecule has 0 radical (unpaired) electrons. The molecule has 0 aliphatic rings. The van der Waals surface area contributed by atoms with Crippen molar-refractivity contribution < 1.29 is 4.79 Å². The van der Waals surface area contributed by atoms with Crippen molar-refractivity contribution >= 4 is 18.3 Å². The monoisotopic (exact) mass is 326 g/mol. The summed E-state index contributed by atoms with van der Waals surface area (Å²) in [4.78, 5) is 12.3. The van der Waals surface area contributed by atoms with Crippen molar-refractivity contribution in [1.82, 2.24) is 5.32 Å². The molecule has 0 aliphatic carbocycles. The molecular weight excluding hydrogens is 296 g/mol. The summed E-state index contributed by atoms with van der Waals surface area (Å²) in [6.07, 6.45) is 1.09. The van der Waals surface area contributed by atoms with Crippen molar-refractivity contribution in [1.29, 1.82) is 0 Å². The molecule has 0 saturated carbocycles.